The summed E-state index contributed by atoms with van der Waals surface area (Å²) in [6, 6.07) is 8.57. The molecule has 4 heteroatoms. The highest BCUT2D eigenvalue weighted by atomic mass is 16.5. The van der Waals surface area contributed by atoms with E-state index in [1.807, 2.05) is 12.1 Å². The molecule has 26 heavy (non-hydrogen) atoms. The number of nitrogens with zero attached hydrogens (tertiary/aromatic N) is 1. The van der Waals surface area contributed by atoms with E-state index in [1.165, 1.54) is 31.2 Å². The molecule has 0 saturated carbocycles. The molecule has 1 saturated heterocycles. The van der Waals surface area contributed by atoms with E-state index in [-0.39, 0.29) is 0 Å². The molecule has 1 aromatic rings. The highest BCUT2D eigenvalue weighted by molar-refractivity contribution is 5.78. The Morgan fingerprint density at radius 1 is 1.27 bits per heavy atom. The fourth-order valence-corrected chi connectivity index (χ4v) is 4.08. The smallest absolute Gasteiger partial charge is 0.222 e. The first-order chi connectivity index (χ1) is 12.8. The fourth-order valence-electron chi connectivity index (χ4n) is 4.08. The van der Waals surface area contributed by atoms with Crippen LogP contribution in [-0.2, 0) is 11.3 Å². The molecule has 0 aromatic heterocycles. The Labute approximate surface area is 157 Å². The minimum absolute atomic E-state index is 0.346. The number of amides is 1. The summed E-state index contributed by atoms with van der Waals surface area (Å²) in [6.45, 7) is 2.68. The van der Waals surface area contributed by atoms with Gasteiger partial charge in [-0.25, -0.2) is 0 Å². The van der Waals surface area contributed by atoms with Crippen LogP contribution < -0.4 is 10.1 Å². The highest BCUT2D eigenvalue weighted by Crippen LogP contribution is 2.25. The van der Waals surface area contributed by atoms with Crippen LogP contribution in [-0.4, -0.2) is 37.0 Å². The Bertz CT molecular complexity index is 626. The second-order valence-corrected chi connectivity index (χ2v) is 7.45. The summed E-state index contributed by atoms with van der Waals surface area (Å²) in [5.74, 6) is 1.24. The van der Waals surface area contributed by atoms with Gasteiger partial charge in [0.15, 0.2) is 0 Å². The second-order valence-electron chi connectivity index (χ2n) is 7.45. The summed E-state index contributed by atoms with van der Waals surface area (Å²) >= 11 is 0. The molecule has 3 rings (SSSR count). The number of hydrogen-bond donors (Lipinski definition) is 1. The van der Waals surface area contributed by atoms with Gasteiger partial charge in [0.25, 0.3) is 0 Å². The average Bonchev–Trinajstić information content (AvgIpc) is 3.04. The van der Waals surface area contributed by atoms with Crippen molar-refractivity contribution in [1.29, 1.82) is 0 Å². The molecule has 1 N–H and O–H groups in total. The van der Waals surface area contributed by atoms with Crippen molar-refractivity contribution in [3.63, 3.8) is 0 Å². The molecule has 1 aliphatic carbocycles. The first kappa shape index (κ1) is 19.0. The monoisotopic (exact) mass is 356 g/mol. The van der Waals surface area contributed by atoms with Gasteiger partial charge in [-0.1, -0.05) is 23.8 Å². The number of methoxy groups -OCH3 is 1. The van der Waals surface area contributed by atoms with Gasteiger partial charge in [-0.15, -0.1) is 0 Å². The number of hydrogen-bond acceptors (Lipinski definition) is 3. The third kappa shape index (κ3) is 5.34. The number of likely N-dealkylation sites (tertiary alicyclic amines) is 1. The van der Waals surface area contributed by atoms with Crippen LogP contribution in [0.25, 0.3) is 0 Å². The van der Waals surface area contributed by atoms with Crippen LogP contribution in [0.3, 0.4) is 0 Å². The second kappa shape index (κ2) is 9.77. The van der Waals surface area contributed by atoms with Gasteiger partial charge >= 0.3 is 0 Å². The van der Waals surface area contributed by atoms with Gasteiger partial charge in [-0.05, 0) is 69.2 Å². The third-order valence-electron chi connectivity index (χ3n) is 5.63. The average molecular weight is 357 g/mol. The molecule has 0 bridgehead atoms. The fraction of sp³-hybridized carbons (Fsp3) is 0.591. The van der Waals surface area contributed by atoms with Crippen molar-refractivity contribution in [3.8, 4) is 5.75 Å². The van der Waals surface area contributed by atoms with Crippen LogP contribution in [0.15, 0.2) is 35.9 Å². The molecule has 1 fully saturated rings. The first-order valence-corrected chi connectivity index (χ1v) is 10.1. The minimum Gasteiger partial charge on any atom is -0.497 e. The number of rotatable bonds is 9. The molecule has 1 aliphatic heterocycles. The van der Waals surface area contributed by atoms with E-state index in [4.69, 9.17) is 4.74 Å². The maximum absolute atomic E-state index is 12.3. The Morgan fingerprint density at radius 3 is 3.00 bits per heavy atom. The van der Waals surface area contributed by atoms with Gasteiger partial charge in [0.1, 0.15) is 5.75 Å². The molecular weight excluding hydrogens is 324 g/mol. The Hall–Kier alpha value is -1.81. The van der Waals surface area contributed by atoms with E-state index in [2.05, 4.69) is 28.4 Å². The topological polar surface area (TPSA) is 41.6 Å². The normalized spacial score (nSPS) is 20.3. The number of nitrogens with one attached hydrogen (secondary N) is 1. The van der Waals surface area contributed by atoms with E-state index < -0.39 is 0 Å². The van der Waals surface area contributed by atoms with Gasteiger partial charge in [0, 0.05) is 25.6 Å². The zero-order valence-corrected chi connectivity index (χ0v) is 16.0. The van der Waals surface area contributed by atoms with Crippen molar-refractivity contribution < 1.29 is 9.53 Å². The number of carbonyl (C=O) groups is 1. The van der Waals surface area contributed by atoms with E-state index >= 15 is 0 Å². The first-order valence-electron chi connectivity index (χ1n) is 10.1. The SMILES string of the molecule is COc1cccc(CNCC[C@@H]2CCC(=O)N2CCC2=CCCCC2)c1. The van der Waals surface area contributed by atoms with E-state index in [0.717, 1.165) is 51.1 Å². The van der Waals surface area contributed by atoms with Crippen LogP contribution in [0.2, 0.25) is 0 Å². The van der Waals surface area contributed by atoms with Crippen LogP contribution in [0.1, 0.15) is 56.9 Å². The van der Waals surface area contributed by atoms with Crippen molar-refractivity contribution in [2.75, 3.05) is 20.2 Å². The van der Waals surface area contributed by atoms with E-state index in [1.54, 1.807) is 12.7 Å². The summed E-state index contributed by atoms with van der Waals surface area (Å²) in [4.78, 5) is 14.4. The summed E-state index contributed by atoms with van der Waals surface area (Å²) in [7, 11) is 1.70. The van der Waals surface area contributed by atoms with Crippen LogP contribution >= 0.6 is 0 Å². The lowest BCUT2D eigenvalue weighted by atomic mass is 9.97. The van der Waals surface area contributed by atoms with Gasteiger partial charge in [0.2, 0.25) is 5.91 Å². The molecule has 2 aliphatic rings. The van der Waals surface area contributed by atoms with Gasteiger partial charge in [-0.3, -0.25) is 4.79 Å². The molecule has 0 spiro atoms. The predicted molar refractivity (Wildman–Crippen MR) is 105 cm³/mol. The lowest BCUT2D eigenvalue weighted by Gasteiger charge is -2.26. The molecule has 0 unspecified atom stereocenters. The lowest BCUT2D eigenvalue weighted by Crippen LogP contribution is -2.36. The molecule has 142 valence electrons. The van der Waals surface area contributed by atoms with Gasteiger partial charge < -0.3 is 15.0 Å². The zero-order valence-electron chi connectivity index (χ0n) is 16.0. The van der Waals surface area contributed by atoms with Crippen LogP contribution in [0.4, 0.5) is 0 Å². The Kier molecular flexibility index (Phi) is 7.13. The van der Waals surface area contributed by atoms with Crippen molar-refractivity contribution in [3.05, 3.63) is 41.5 Å². The number of carbonyl (C=O) groups excluding carboxylic acids is 1. The van der Waals surface area contributed by atoms with Crippen LogP contribution in [0.5, 0.6) is 5.75 Å². The van der Waals surface area contributed by atoms with Gasteiger partial charge in [-0.2, -0.15) is 0 Å². The van der Waals surface area contributed by atoms with Crippen LogP contribution in [0, 0.1) is 0 Å². The Morgan fingerprint density at radius 2 is 2.19 bits per heavy atom. The maximum atomic E-state index is 12.3. The molecular formula is C22H32N2O2. The van der Waals surface area contributed by atoms with Crippen molar-refractivity contribution >= 4 is 5.91 Å². The highest BCUT2D eigenvalue weighted by Gasteiger charge is 2.30. The number of allylic oxidation sites excluding steroid dienone is 1. The predicted octanol–water partition coefficient (Wildman–Crippen LogP) is 4.06. The third-order valence-corrected chi connectivity index (χ3v) is 5.63. The zero-order chi connectivity index (χ0) is 18.2. The van der Waals surface area contributed by atoms with E-state index in [0.29, 0.717) is 11.9 Å². The summed E-state index contributed by atoms with van der Waals surface area (Å²) in [5, 5.41) is 3.52. The molecule has 1 amide bonds. The quantitative estimate of drug-likeness (QED) is 0.536. The standard InChI is InChI=1S/C22H32N2O2/c1-26-21-9-5-8-19(16-21)17-23-14-12-20-10-11-22(25)24(20)15-13-18-6-3-2-4-7-18/h5-6,8-9,16,20,23H,2-4,7,10-15,17H2,1H3/t20-/m0/s1. The summed E-state index contributed by atoms with van der Waals surface area (Å²) < 4.78 is 5.27. The molecule has 1 atom stereocenters. The maximum Gasteiger partial charge on any atom is 0.222 e. The van der Waals surface area contributed by atoms with Crippen molar-refractivity contribution in [2.45, 2.75) is 64.0 Å². The largest absolute Gasteiger partial charge is 0.497 e. The minimum atomic E-state index is 0.346. The number of benzene rings is 1. The molecule has 0 radical (unpaired) electrons. The molecule has 1 heterocycles. The number of ether oxygens (including phenoxy) is 1. The van der Waals surface area contributed by atoms with Gasteiger partial charge in [0.05, 0.1) is 7.11 Å². The summed E-state index contributed by atoms with van der Waals surface area (Å²) in [5.41, 5.74) is 2.79. The summed E-state index contributed by atoms with van der Waals surface area (Å²) in [6.07, 6.45) is 11.3. The van der Waals surface area contributed by atoms with E-state index in [9.17, 15) is 4.79 Å². The van der Waals surface area contributed by atoms with Crippen molar-refractivity contribution in [1.82, 2.24) is 10.2 Å². The molecule has 1 aromatic carbocycles. The molecule has 4 nitrogen and oxygen atoms in total. The van der Waals surface area contributed by atoms with Crippen molar-refractivity contribution in [2.24, 2.45) is 0 Å². The lowest BCUT2D eigenvalue weighted by molar-refractivity contribution is -0.129. The Balaban J connectivity index is 1.41.